The van der Waals surface area contributed by atoms with Crippen LogP contribution in [0.3, 0.4) is 0 Å². The van der Waals surface area contributed by atoms with Crippen molar-refractivity contribution in [2.45, 2.75) is 6.04 Å². The molecule has 3 nitrogen and oxygen atoms in total. The Labute approximate surface area is 93.9 Å². The number of carbonyl (C=O) groups is 1. The van der Waals surface area contributed by atoms with Crippen molar-refractivity contribution in [2.24, 2.45) is 5.73 Å². The quantitative estimate of drug-likeness (QED) is 0.791. The summed E-state index contributed by atoms with van der Waals surface area (Å²) in [5.74, 6) is -0.112. The molecule has 1 unspecified atom stereocenters. The third-order valence-corrected chi connectivity index (χ3v) is 2.35. The average molecular weight is 212 g/mol. The zero-order chi connectivity index (χ0) is 11.4. The first-order valence-electron chi connectivity index (χ1n) is 5.05. The van der Waals surface area contributed by atoms with Crippen LogP contribution in [0.1, 0.15) is 22.1 Å². The molecule has 0 fully saturated rings. The molecule has 16 heavy (non-hydrogen) atoms. The van der Waals surface area contributed by atoms with Gasteiger partial charge in [0.2, 0.25) is 0 Å². The summed E-state index contributed by atoms with van der Waals surface area (Å²) in [5.41, 5.74) is 7.06. The number of carbonyl (C=O) groups excluding carboxylic acids is 1. The molecule has 0 saturated carbocycles. The van der Waals surface area contributed by atoms with E-state index in [0.29, 0.717) is 11.3 Å². The summed E-state index contributed by atoms with van der Waals surface area (Å²) >= 11 is 0. The van der Waals surface area contributed by atoms with Gasteiger partial charge in [0.1, 0.15) is 6.04 Å². The summed E-state index contributed by atoms with van der Waals surface area (Å²) in [5, 5.41) is 0. The molecule has 0 saturated heterocycles. The summed E-state index contributed by atoms with van der Waals surface area (Å²) in [4.78, 5) is 16.1. The van der Waals surface area contributed by atoms with Crippen LogP contribution in [0.15, 0.2) is 54.7 Å². The fourth-order valence-electron chi connectivity index (χ4n) is 1.48. The first-order valence-corrected chi connectivity index (χ1v) is 5.05. The van der Waals surface area contributed by atoms with Crippen molar-refractivity contribution in [3.05, 3.63) is 66.0 Å². The van der Waals surface area contributed by atoms with Crippen molar-refractivity contribution in [3.8, 4) is 0 Å². The van der Waals surface area contributed by atoms with Gasteiger partial charge in [-0.25, -0.2) is 0 Å². The number of benzene rings is 1. The lowest BCUT2D eigenvalue weighted by molar-refractivity contribution is 0.0959. The number of Topliss-reactive ketones (excluding diaryl/α,β-unsaturated/α-hetero) is 1. The Morgan fingerprint density at radius 1 is 1.06 bits per heavy atom. The summed E-state index contributed by atoms with van der Waals surface area (Å²) in [6.45, 7) is 0. The Morgan fingerprint density at radius 2 is 1.75 bits per heavy atom. The van der Waals surface area contributed by atoms with Gasteiger partial charge in [0.05, 0.1) is 5.69 Å². The number of nitrogens with two attached hydrogens (primary N) is 1. The second-order valence-electron chi connectivity index (χ2n) is 3.46. The highest BCUT2D eigenvalue weighted by molar-refractivity contribution is 6.00. The van der Waals surface area contributed by atoms with E-state index in [9.17, 15) is 4.79 Å². The maximum Gasteiger partial charge on any atom is 0.185 e. The molecule has 0 spiro atoms. The van der Waals surface area contributed by atoms with E-state index in [1.807, 2.05) is 24.3 Å². The first-order chi connectivity index (χ1) is 7.79. The maximum atomic E-state index is 12.0. The number of pyridine rings is 1. The van der Waals surface area contributed by atoms with Crippen molar-refractivity contribution in [1.29, 1.82) is 0 Å². The van der Waals surface area contributed by atoms with Crippen molar-refractivity contribution in [3.63, 3.8) is 0 Å². The van der Waals surface area contributed by atoms with Gasteiger partial charge in [-0.1, -0.05) is 36.4 Å². The highest BCUT2D eigenvalue weighted by Gasteiger charge is 2.17. The Kier molecular flexibility index (Phi) is 3.08. The highest BCUT2D eigenvalue weighted by atomic mass is 16.1. The van der Waals surface area contributed by atoms with Crippen LogP contribution in [-0.4, -0.2) is 10.8 Å². The third kappa shape index (κ3) is 2.15. The summed E-state index contributed by atoms with van der Waals surface area (Å²) in [6.07, 6.45) is 1.63. The largest absolute Gasteiger partial charge is 0.316 e. The summed E-state index contributed by atoms with van der Waals surface area (Å²) in [6, 6.07) is 13.7. The van der Waals surface area contributed by atoms with Crippen LogP contribution in [0.25, 0.3) is 0 Å². The molecule has 1 aromatic heterocycles. The minimum atomic E-state index is -0.691. The predicted octanol–water partition coefficient (Wildman–Crippen LogP) is 1.96. The van der Waals surface area contributed by atoms with Gasteiger partial charge in [0.25, 0.3) is 0 Å². The molecule has 0 radical (unpaired) electrons. The van der Waals surface area contributed by atoms with E-state index < -0.39 is 6.04 Å². The van der Waals surface area contributed by atoms with Crippen LogP contribution < -0.4 is 5.73 Å². The molecule has 0 bridgehead atoms. The number of rotatable bonds is 3. The standard InChI is InChI=1S/C13H12N2O/c14-12(11-8-4-5-9-15-11)13(16)10-6-2-1-3-7-10/h1-9,12H,14H2. The minimum Gasteiger partial charge on any atom is -0.316 e. The van der Waals surface area contributed by atoms with Gasteiger partial charge in [-0.2, -0.15) is 0 Å². The van der Waals surface area contributed by atoms with Gasteiger partial charge in [-0.05, 0) is 12.1 Å². The van der Waals surface area contributed by atoms with Crippen molar-refractivity contribution in [1.82, 2.24) is 4.98 Å². The molecule has 0 aliphatic carbocycles. The van der Waals surface area contributed by atoms with Gasteiger partial charge >= 0.3 is 0 Å². The number of nitrogens with zero attached hydrogens (tertiary/aromatic N) is 1. The number of aromatic nitrogens is 1. The summed E-state index contributed by atoms with van der Waals surface area (Å²) in [7, 11) is 0. The zero-order valence-electron chi connectivity index (χ0n) is 8.71. The van der Waals surface area contributed by atoms with Crippen molar-refractivity contribution >= 4 is 5.78 Å². The molecule has 0 aliphatic rings. The number of ketones is 1. The van der Waals surface area contributed by atoms with E-state index in [1.54, 1.807) is 30.5 Å². The molecule has 1 aromatic carbocycles. The molecular formula is C13H12N2O. The minimum absolute atomic E-state index is 0.112. The van der Waals surface area contributed by atoms with Crippen LogP contribution in [0.5, 0.6) is 0 Å². The van der Waals surface area contributed by atoms with Crippen LogP contribution in [0, 0.1) is 0 Å². The fourth-order valence-corrected chi connectivity index (χ4v) is 1.48. The highest BCUT2D eigenvalue weighted by Crippen LogP contribution is 2.13. The lowest BCUT2D eigenvalue weighted by Crippen LogP contribution is -2.22. The van der Waals surface area contributed by atoms with E-state index in [-0.39, 0.29) is 5.78 Å². The monoisotopic (exact) mass is 212 g/mol. The number of hydrogen-bond donors (Lipinski definition) is 1. The lowest BCUT2D eigenvalue weighted by atomic mass is 10.0. The van der Waals surface area contributed by atoms with Crippen LogP contribution in [-0.2, 0) is 0 Å². The molecule has 80 valence electrons. The molecule has 2 rings (SSSR count). The second-order valence-corrected chi connectivity index (χ2v) is 3.46. The average Bonchev–Trinajstić information content (AvgIpc) is 2.39. The van der Waals surface area contributed by atoms with Crippen LogP contribution in [0.4, 0.5) is 0 Å². The Bertz CT molecular complexity index is 468. The molecule has 1 atom stereocenters. The van der Waals surface area contributed by atoms with Crippen molar-refractivity contribution < 1.29 is 4.79 Å². The predicted molar refractivity (Wildman–Crippen MR) is 61.9 cm³/mol. The fraction of sp³-hybridized carbons (Fsp3) is 0.0769. The molecular weight excluding hydrogens is 200 g/mol. The summed E-state index contributed by atoms with van der Waals surface area (Å²) < 4.78 is 0. The van der Waals surface area contributed by atoms with Crippen LogP contribution in [0.2, 0.25) is 0 Å². The van der Waals surface area contributed by atoms with E-state index in [0.717, 1.165) is 0 Å². The maximum absolute atomic E-state index is 12.0. The molecule has 1 heterocycles. The molecule has 2 aromatic rings. The Balaban J connectivity index is 2.24. The number of hydrogen-bond acceptors (Lipinski definition) is 3. The molecule has 3 heteroatoms. The second kappa shape index (κ2) is 4.68. The topological polar surface area (TPSA) is 56.0 Å². The Morgan fingerprint density at radius 3 is 2.38 bits per heavy atom. The van der Waals surface area contributed by atoms with E-state index >= 15 is 0 Å². The third-order valence-electron chi connectivity index (χ3n) is 2.35. The van der Waals surface area contributed by atoms with E-state index in [1.165, 1.54) is 0 Å². The van der Waals surface area contributed by atoms with Crippen molar-refractivity contribution in [2.75, 3.05) is 0 Å². The smallest absolute Gasteiger partial charge is 0.185 e. The molecule has 0 amide bonds. The lowest BCUT2D eigenvalue weighted by Gasteiger charge is -2.09. The molecule has 0 aliphatic heterocycles. The van der Waals surface area contributed by atoms with E-state index in [2.05, 4.69) is 4.98 Å². The van der Waals surface area contributed by atoms with Gasteiger partial charge in [0.15, 0.2) is 5.78 Å². The van der Waals surface area contributed by atoms with Gasteiger partial charge < -0.3 is 5.73 Å². The van der Waals surface area contributed by atoms with E-state index in [4.69, 9.17) is 5.73 Å². The van der Waals surface area contributed by atoms with Gasteiger partial charge in [-0.3, -0.25) is 9.78 Å². The van der Waals surface area contributed by atoms with Crippen LogP contribution >= 0.6 is 0 Å². The van der Waals surface area contributed by atoms with Gasteiger partial charge in [-0.15, -0.1) is 0 Å². The normalized spacial score (nSPS) is 12.1. The molecule has 2 N–H and O–H groups in total. The SMILES string of the molecule is NC(C(=O)c1ccccc1)c1ccccn1. The first kappa shape index (κ1) is 10.5. The van der Waals surface area contributed by atoms with Gasteiger partial charge in [0, 0.05) is 11.8 Å². The Hall–Kier alpha value is -2.00. The zero-order valence-corrected chi connectivity index (χ0v) is 8.71.